The molecule has 0 N–H and O–H groups in total. The minimum absolute atomic E-state index is 0.110. The van der Waals surface area contributed by atoms with Gasteiger partial charge in [-0.15, -0.1) is 0 Å². The van der Waals surface area contributed by atoms with E-state index in [0.717, 1.165) is 73.0 Å². The third kappa shape index (κ3) is 5.22. The van der Waals surface area contributed by atoms with Gasteiger partial charge < -0.3 is 23.8 Å². The van der Waals surface area contributed by atoms with Gasteiger partial charge in [0.1, 0.15) is 18.1 Å². The molecule has 7 rings (SSSR count). The van der Waals surface area contributed by atoms with E-state index in [2.05, 4.69) is 22.3 Å². The van der Waals surface area contributed by atoms with Crippen LogP contribution >= 0.6 is 11.3 Å². The lowest BCUT2D eigenvalue weighted by Gasteiger charge is -2.41. The summed E-state index contributed by atoms with van der Waals surface area (Å²) in [5.41, 5.74) is 5.22. The molecular weight excluding hydrogens is 568 g/mol. The smallest absolute Gasteiger partial charge is 0.275 e. The van der Waals surface area contributed by atoms with E-state index in [1.165, 1.54) is 0 Å². The average Bonchev–Trinajstić information content (AvgIpc) is 3.79. The van der Waals surface area contributed by atoms with E-state index in [1.54, 1.807) is 18.4 Å². The van der Waals surface area contributed by atoms with Gasteiger partial charge in [0.15, 0.2) is 5.69 Å². The maximum absolute atomic E-state index is 14.0. The SMILES string of the molecule is COc1cc2c(cc1-c1cnn(CCN3CCOCC3)c1)-c1c(c(C(=O)N3CCOCC3(C)C)nn1-c1ccsc1)CO2. The fourth-order valence-electron chi connectivity index (χ4n) is 6.07. The van der Waals surface area contributed by atoms with E-state index >= 15 is 0 Å². The maximum Gasteiger partial charge on any atom is 0.275 e. The Hall–Kier alpha value is -3.71. The third-order valence-electron chi connectivity index (χ3n) is 8.45. The summed E-state index contributed by atoms with van der Waals surface area (Å²) in [6.45, 7) is 10.9. The molecule has 3 aliphatic rings. The van der Waals surface area contributed by atoms with Crippen molar-refractivity contribution < 1.29 is 23.7 Å². The number of aromatic nitrogens is 4. The lowest BCUT2D eigenvalue weighted by atomic mass is 9.96. The summed E-state index contributed by atoms with van der Waals surface area (Å²) in [7, 11) is 1.67. The second kappa shape index (κ2) is 11.4. The topological polar surface area (TPSA) is 96.1 Å². The summed E-state index contributed by atoms with van der Waals surface area (Å²) >= 11 is 1.59. The highest BCUT2D eigenvalue weighted by molar-refractivity contribution is 7.08. The Balaban J connectivity index is 1.28. The molecular formula is C31H36N6O5S. The number of hydrogen-bond donors (Lipinski definition) is 0. The van der Waals surface area contributed by atoms with Crippen molar-refractivity contribution in [2.45, 2.75) is 32.5 Å². The highest BCUT2D eigenvalue weighted by atomic mass is 32.1. The number of fused-ring (bicyclic) bond motifs is 3. The fourth-order valence-corrected chi connectivity index (χ4v) is 6.68. The molecule has 0 bridgehead atoms. The van der Waals surface area contributed by atoms with Crippen molar-refractivity contribution in [2.75, 3.05) is 59.7 Å². The van der Waals surface area contributed by atoms with Crippen LogP contribution in [0.4, 0.5) is 0 Å². The number of methoxy groups -OCH3 is 1. The summed E-state index contributed by atoms with van der Waals surface area (Å²) < 4.78 is 27.1. The third-order valence-corrected chi connectivity index (χ3v) is 9.12. The summed E-state index contributed by atoms with van der Waals surface area (Å²) in [5.74, 6) is 1.28. The largest absolute Gasteiger partial charge is 0.496 e. The first-order valence-electron chi connectivity index (χ1n) is 14.7. The van der Waals surface area contributed by atoms with Gasteiger partial charge >= 0.3 is 0 Å². The first-order valence-corrected chi connectivity index (χ1v) is 15.6. The molecule has 0 atom stereocenters. The number of rotatable bonds is 7. The van der Waals surface area contributed by atoms with Gasteiger partial charge in [0.2, 0.25) is 0 Å². The van der Waals surface area contributed by atoms with Gasteiger partial charge in [-0.3, -0.25) is 14.4 Å². The molecule has 226 valence electrons. The van der Waals surface area contributed by atoms with Gasteiger partial charge in [-0.25, -0.2) is 4.68 Å². The zero-order chi connectivity index (χ0) is 29.6. The molecule has 11 nitrogen and oxygen atoms in total. The Morgan fingerprint density at radius 2 is 1.93 bits per heavy atom. The summed E-state index contributed by atoms with van der Waals surface area (Å²) in [4.78, 5) is 18.3. The van der Waals surface area contributed by atoms with E-state index < -0.39 is 5.54 Å². The zero-order valence-electron chi connectivity index (χ0n) is 24.7. The Labute approximate surface area is 254 Å². The number of ether oxygens (including phenoxy) is 4. The van der Waals surface area contributed by atoms with Crippen LogP contribution in [0.1, 0.15) is 29.9 Å². The van der Waals surface area contributed by atoms with Crippen molar-refractivity contribution in [3.05, 3.63) is 52.6 Å². The predicted molar refractivity (Wildman–Crippen MR) is 162 cm³/mol. The van der Waals surface area contributed by atoms with Crippen LogP contribution in [0.15, 0.2) is 41.4 Å². The first kappa shape index (κ1) is 28.1. The number of carbonyl (C=O) groups is 1. The van der Waals surface area contributed by atoms with Crippen LogP contribution in [0.3, 0.4) is 0 Å². The van der Waals surface area contributed by atoms with Gasteiger partial charge in [0.25, 0.3) is 5.91 Å². The molecule has 0 aliphatic carbocycles. The number of morpholine rings is 2. The standard InChI is InChI=1S/C31H36N6O5S/c1-31(2)20-41-12-9-36(31)30(38)28-25-18-42-27-15-26(39-3)23(14-24(27)29(25)37(33-28)22-4-13-43-19-22)21-16-32-35(17-21)6-5-34-7-10-40-11-8-34/h4,13-17,19H,5-12,18,20H2,1-3H3. The summed E-state index contributed by atoms with van der Waals surface area (Å²) in [6.07, 6.45) is 3.93. The van der Waals surface area contributed by atoms with Crippen molar-refractivity contribution in [1.29, 1.82) is 0 Å². The van der Waals surface area contributed by atoms with Crippen LogP contribution in [0.5, 0.6) is 11.5 Å². The minimum Gasteiger partial charge on any atom is -0.496 e. The van der Waals surface area contributed by atoms with E-state index in [9.17, 15) is 4.79 Å². The number of hydrogen-bond acceptors (Lipinski definition) is 9. The Kier molecular flexibility index (Phi) is 7.46. The van der Waals surface area contributed by atoms with Crippen LogP contribution in [-0.2, 0) is 22.6 Å². The zero-order valence-corrected chi connectivity index (χ0v) is 25.6. The van der Waals surface area contributed by atoms with Crippen LogP contribution in [0, 0.1) is 0 Å². The van der Waals surface area contributed by atoms with E-state index in [-0.39, 0.29) is 12.5 Å². The molecule has 1 amide bonds. The Morgan fingerprint density at radius 1 is 1.09 bits per heavy atom. The highest BCUT2D eigenvalue weighted by Crippen LogP contribution is 2.46. The average molecular weight is 605 g/mol. The van der Waals surface area contributed by atoms with Crippen LogP contribution in [0.2, 0.25) is 0 Å². The highest BCUT2D eigenvalue weighted by Gasteiger charge is 2.39. The Morgan fingerprint density at radius 3 is 2.70 bits per heavy atom. The molecule has 3 aromatic heterocycles. The van der Waals surface area contributed by atoms with E-state index in [1.807, 2.05) is 57.2 Å². The molecule has 1 aromatic carbocycles. The number of thiophene rings is 1. The normalized spacial score (nSPS) is 18.2. The number of nitrogens with zero attached hydrogens (tertiary/aromatic N) is 6. The van der Waals surface area contributed by atoms with Crippen molar-refractivity contribution in [3.63, 3.8) is 0 Å². The molecule has 0 spiro atoms. The quantitative estimate of drug-likeness (QED) is 0.313. The molecule has 0 radical (unpaired) electrons. The fraction of sp³-hybridized carbons (Fsp3) is 0.452. The van der Waals surface area contributed by atoms with Crippen LogP contribution < -0.4 is 9.47 Å². The predicted octanol–water partition coefficient (Wildman–Crippen LogP) is 3.95. The summed E-state index contributed by atoms with van der Waals surface area (Å²) in [5, 5.41) is 13.7. The van der Waals surface area contributed by atoms with Gasteiger partial charge in [-0.05, 0) is 31.4 Å². The lowest BCUT2D eigenvalue weighted by Crippen LogP contribution is -2.55. The molecule has 0 unspecified atom stereocenters. The van der Waals surface area contributed by atoms with Crippen molar-refractivity contribution in [3.8, 4) is 39.6 Å². The minimum atomic E-state index is -0.440. The van der Waals surface area contributed by atoms with Crippen LogP contribution in [0.25, 0.3) is 28.1 Å². The van der Waals surface area contributed by atoms with E-state index in [4.69, 9.17) is 24.0 Å². The molecule has 2 saturated heterocycles. The molecule has 12 heteroatoms. The first-order chi connectivity index (χ1) is 20.9. The molecule has 0 saturated carbocycles. The van der Waals surface area contributed by atoms with Gasteiger partial charge in [0.05, 0.1) is 63.2 Å². The molecule has 2 fully saturated rings. The molecule has 4 aromatic rings. The molecule has 43 heavy (non-hydrogen) atoms. The van der Waals surface area contributed by atoms with Gasteiger partial charge in [0, 0.05) is 66.1 Å². The lowest BCUT2D eigenvalue weighted by molar-refractivity contribution is -0.0374. The number of amides is 1. The van der Waals surface area contributed by atoms with Crippen molar-refractivity contribution >= 4 is 17.2 Å². The van der Waals surface area contributed by atoms with Crippen LogP contribution in [-0.4, -0.2) is 101 Å². The maximum atomic E-state index is 14.0. The number of benzene rings is 1. The van der Waals surface area contributed by atoms with Crippen molar-refractivity contribution in [1.82, 2.24) is 29.4 Å². The number of carbonyl (C=O) groups excluding carboxylic acids is 1. The second-order valence-corrected chi connectivity index (χ2v) is 12.5. The monoisotopic (exact) mass is 604 g/mol. The molecule has 3 aliphatic heterocycles. The second-order valence-electron chi connectivity index (χ2n) is 11.7. The van der Waals surface area contributed by atoms with Gasteiger partial charge in [-0.2, -0.15) is 21.5 Å². The summed E-state index contributed by atoms with van der Waals surface area (Å²) in [6, 6.07) is 6.02. The van der Waals surface area contributed by atoms with Gasteiger partial charge in [-0.1, -0.05) is 0 Å². The van der Waals surface area contributed by atoms with E-state index in [0.29, 0.717) is 37.0 Å². The van der Waals surface area contributed by atoms with Crippen molar-refractivity contribution in [2.24, 2.45) is 0 Å². The molecule has 6 heterocycles. The Bertz CT molecular complexity index is 1620.